The SMILES string of the molecule is Cc1cc(C)c2c(N)c(C(=O)n3nc(N)c(N=Nc4ccccc4)c3N)sc2n1. The van der Waals surface area contributed by atoms with Crippen LogP contribution in [0.25, 0.3) is 10.2 Å². The van der Waals surface area contributed by atoms with Crippen molar-refractivity contribution >= 4 is 56.2 Å². The Morgan fingerprint density at radius 3 is 2.55 bits per heavy atom. The maximum atomic E-state index is 13.1. The zero-order valence-corrected chi connectivity index (χ0v) is 16.6. The van der Waals surface area contributed by atoms with E-state index in [9.17, 15) is 4.79 Å². The molecule has 0 fully saturated rings. The highest BCUT2D eigenvalue weighted by atomic mass is 32.1. The Kier molecular flexibility index (Phi) is 4.47. The number of hydrogen-bond donors (Lipinski definition) is 3. The smallest absolute Gasteiger partial charge is 0.292 e. The summed E-state index contributed by atoms with van der Waals surface area (Å²) in [5.74, 6) is -0.502. The molecule has 4 aromatic rings. The molecule has 0 spiro atoms. The Bertz CT molecular complexity index is 1270. The number of hydrogen-bond acceptors (Lipinski definition) is 9. The molecule has 0 aliphatic carbocycles. The zero-order valence-electron chi connectivity index (χ0n) is 15.7. The highest BCUT2D eigenvalue weighted by molar-refractivity contribution is 7.21. The van der Waals surface area contributed by atoms with Crippen molar-refractivity contribution in [2.45, 2.75) is 13.8 Å². The Morgan fingerprint density at radius 2 is 1.83 bits per heavy atom. The first-order valence-electron chi connectivity index (χ1n) is 8.68. The molecule has 0 saturated heterocycles. The average Bonchev–Trinajstić information content (AvgIpc) is 3.17. The summed E-state index contributed by atoms with van der Waals surface area (Å²) in [6, 6.07) is 11.0. The van der Waals surface area contributed by atoms with Gasteiger partial charge in [-0.25, -0.2) is 4.98 Å². The highest BCUT2D eigenvalue weighted by Gasteiger charge is 2.25. The van der Waals surface area contributed by atoms with Crippen LogP contribution in [0.5, 0.6) is 0 Å². The second-order valence-corrected chi connectivity index (χ2v) is 7.48. The largest absolute Gasteiger partial charge is 0.397 e. The van der Waals surface area contributed by atoms with E-state index in [2.05, 4.69) is 20.3 Å². The van der Waals surface area contributed by atoms with Crippen molar-refractivity contribution < 1.29 is 4.79 Å². The molecular formula is C19H18N8OS. The number of pyridine rings is 1. The van der Waals surface area contributed by atoms with Crippen LogP contribution in [0.3, 0.4) is 0 Å². The lowest BCUT2D eigenvalue weighted by Gasteiger charge is -2.02. The molecule has 29 heavy (non-hydrogen) atoms. The number of benzene rings is 1. The Balaban J connectivity index is 1.75. The third-order valence-corrected chi connectivity index (χ3v) is 5.44. The predicted molar refractivity (Wildman–Crippen MR) is 115 cm³/mol. The quantitative estimate of drug-likeness (QED) is 0.438. The number of azo groups is 1. The summed E-state index contributed by atoms with van der Waals surface area (Å²) in [6.07, 6.45) is 0. The van der Waals surface area contributed by atoms with Crippen molar-refractivity contribution in [3.63, 3.8) is 0 Å². The second-order valence-electron chi connectivity index (χ2n) is 6.48. The molecule has 0 atom stereocenters. The number of thiophene rings is 1. The molecule has 10 heteroatoms. The topological polar surface area (TPSA) is 151 Å². The molecule has 3 heterocycles. The van der Waals surface area contributed by atoms with Gasteiger partial charge in [0.25, 0.3) is 5.91 Å². The van der Waals surface area contributed by atoms with Crippen LogP contribution >= 0.6 is 11.3 Å². The van der Waals surface area contributed by atoms with Crippen LogP contribution in [0, 0.1) is 13.8 Å². The molecule has 0 unspecified atom stereocenters. The van der Waals surface area contributed by atoms with Crippen LogP contribution in [0.2, 0.25) is 0 Å². The lowest BCUT2D eigenvalue weighted by atomic mass is 10.1. The number of fused-ring (bicyclic) bond motifs is 1. The van der Waals surface area contributed by atoms with Gasteiger partial charge < -0.3 is 17.2 Å². The average molecular weight is 406 g/mol. The third-order valence-electron chi connectivity index (χ3n) is 4.35. The first kappa shape index (κ1) is 18.6. The van der Waals surface area contributed by atoms with E-state index < -0.39 is 5.91 Å². The fourth-order valence-electron chi connectivity index (χ4n) is 3.02. The summed E-state index contributed by atoms with van der Waals surface area (Å²) in [4.78, 5) is 18.5. The van der Waals surface area contributed by atoms with Gasteiger partial charge in [-0.15, -0.1) is 21.5 Å². The van der Waals surface area contributed by atoms with Crippen molar-refractivity contribution in [2.75, 3.05) is 17.2 Å². The van der Waals surface area contributed by atoms with E-state index in [0.29, 0.717) is 21.1 Å². The van der Waals surface area contributed by atoms with E-state index in [4.69, 9.17) is 17.2 Å². The summed E-state index contributed by atoms with van der Waals surface area (Å²) in [5, 5.41) is 13.0. The van der Waals surface area contributed by atoms with E-state index in [1.807, 2.05) is 38.1 Å². The van der Waals surface area contributed by atoms with Gasteiger partial charge in [0.15, 0.2) is 17.3 Å². The fourth-order valence-corrected chi connectivity index (χ4v) is 4.17. The van der Waals surface area contributed by atoms with Gasteiger partial charge in [-0.1, -0.05) is 18.2 Å². The van der Waals surface area contributed by atoms with Crippen molar-refractivity contribution in [3.8, 4) is 0 Å². The molecule has 1 aromatic carbocycles. The van der Waals surface area contributed by atoms with E-state index >= 15 is 0 Å². The molecule has 9 nitrogen and oxygen atoms in total. The number of rotatable bonds is 3. The molecule has 0 aliphatic rings. The number of aromatic nitrogens is 3. The van der Waals surface area contributed by atoms with E-state index in [1.54, 1.807) is 12.1 Å². The first-order valence-corrected chi connectivity index (χ1v) is 9.50. The number of nitrogens with zero attached hydrogens (tertiary/aromatic N) is 5. The monoisotopic (exact) mass is 406 g/mol. The molecule has 0 bridgehead atoms. The molecule has 0 aliphatic heterocycles. The van der Waals surface area contributed by atoms with E-state index in [-0.39, 0.29) is 17.3 Å². The van der Waals surface area contributed by atoms with Gasteiger partial charge in [-0.3, -0.25) is 4.79 Å². The minimum Gasteiger partial charge on any atom is -0.397 e. The molecule has 146 valence electrons. The second kappa shape index (κ2) is 6.99. The summed E-state index contributed by atoms with van der Waals surface area (Å²) >= 11 is 1.19. The standard InChI is InChI=1S/C19H18N8OS/c1-9-8-10(2)23-18-12(9)13(20)15(29-18)19(28)27-17(22)14(16(21)26-27)25-24-11-6-4-3-5-7-11/h3-8H,20,22H2,1-2H3,(H2,21,26). The van der Waals surface area contributed by atoms with Gasteiger partial charge in [-0.05, 0) is 37.6 Å². The van der Waals surface area contributed by atoms with Gasteiger partial charge in [-0.2, -0.15) is 9.80 Å². The molecule has 3 aromatic heterocycles. The lowest BCUT2D eigenvalue weighted by Crippen LogP contribution is -2.16. The number of carbonyl (C=O) groups is 1. The highest BCUT2D eigenvalue weighted by Crippen LogP contribution is 2.37. The molecule has 0 radical (unpaired) electrons. The van der Waals surface area contributed by atoms with Gasteiger partial charge >= 0.3 is 0 Å². The Hall–Kier alpha value is -3.79. The van der Waals surface area contributed by atoms with Gasteiger partial charge in [0, 0.05) is 11.1 Å². The van der Waals surface area contributed by atoms with Crippen molar-refractivity contribution in [1.82, 2.24) is 14.8 Å². The number of nitrogens with two attached hydrogens (primary N) is 3. The molecule has 4 rings (SSSR count). The van der Waals surface area contributed by atoms with Crippen LogP contribution in [0.15, 0.2) is 46.6 Å². The maximum absolute atomic E-state index is 13.1. The molecule has 0 amide bonds. The van der Waals surface area contributed by atoms with E-state index in [1.165, 1.54) is 11.3 Å². The summed E-state index contributed by atoms with van der Waals surface area (Å²) in [7, 11) is 0. The summed E-state index contributed by atoms with van der Waals surface area (Å²) < 4.78 is 0.998. The molecule has 6 N–H and O–H groups in total. The van der Waals surface area contributed by atoms with Gasteiger partial charge in [0.1, 0.15) is 9.71 Å². The van der Waals surface area contributed by atoms with Gasteiger partial charge in [0.05, 0.1) is 11.4 Å². The maximum Gasteiger partial charge on any atom is 0.292 e. The van der Waals surface area contributed by atoms with Crippen LogP contribution in [0.1, 0.15) is 20.9 Å². The van der Waals surface area contributed by atoms with Gasteiger partial charge in [0.2, 0.25) is 0 Å². The number of anilines is 3. The third kappa shape index (κ3) is 3.19. The first-order chi connectivity index (χ1) is 13.9. The van der Waals surface area contributed by atoms with Crippen LogP contribution in [-0.2, 0) is 0 Å². The minimum absolute atomic E-state index is 0.000337. The van der Waals surface area contributed by atoms with Crippen LogP contribution < -0.4 is 17.2 Å². The van der Waals surface area contributed by atoms with Crippen molar-refractivity contribution in [3.05, 3.63) is 52.5 Å². The van der Waals surface area contributed by atoms with E-state index in [0.717, 1.165) is 21.3 Å². The van der Waals surface area contributed by atoms with Crippen LogP contribution in [-0.4, -0.2) is 20.7 Å². The molecular weight excluding hydrogens is 388 g/mol. The zero-order chi connectivity index (χ0) is 20.7. The number of carbonyl (C=O) groups excluding carboxylic acids is 1. The summed E-state index contributed by atoms with van der Waals surface area (Å²) in [6.45, 7) is 3.82. The fraction of sp³-hybridized carbons (Fsp3) is 0.105. The Labute approximate surface area is 169 Å². The summed E-state index contributed by atoms with van der Waals surface area (Å²) in [5.41, 5.74) is 21.2. The Morgan fingerprint density at radius 1 is 1.10 bits per heavy atom. The van der Waals surface area contributed by atoms with Crippen molar-refractivity contribution in [2.24, 2.45) is 10.2 Å². The van der Waals surface area contributed by atoms with Crippen molar-refractivity contribution in [1.29, 1.82) is 0 Å². The molecule has 0 saturated carbocycles. The van der Waals surface area contributed by atoms with Crippen LogP contribution in [0.4, 0.5) is 28.7 Å². The number of nitrogen functional groups attached to an aromatic ring is 3. The predicted octanol–water partition coefficient (Wildman–Crippen LogP) is 3.96. The lowest BCUT2D eigenvalue weighted by molar-refractivity contribution is 0.0953. The minimum atomic E-state index is -0.493. The number of aryl methyl sites for hydroxylation is 2. The normalized spacial score (nSPS) is 11.5.